The molecule has 0 spiro atoms. The molecule has 0 radical (unpaired) electrons. The Morgan fingerprint density at radius 1 is 0.556 bits per heavy atom. The Morgan fingerprint density at radius 2 is 0.944 bits per heavy atom. The molecule has 0 aromatic heterocycles. The highest BCUT2D eigenvalue weighted by Crippen LogP contribution is 2.07. The molecule has 2 heteroatoms. The van der Waals surface area contributed by atoms with Gasteiger partial charge in [0.15, 0.2) is 0 Å². The van der Waals surface area contributed by atoms with Crippen molar-refractivity contribution < 1.29 is 0 Å². The van der Waals surface area contributed by atoms with Crippen LogP contribution in [0.15, 0.2) is 0 Å². The number of hydrogen-bond donors (Lipinski definition) is 0. The van der Waals surface area contributed by atoms with E-state index in [4.69, 9.17) is 0 Å². The van der Waals surface area contributed by atoms with Crippen LogP contribution in [0.4, 0.5) is 0 Å². The number of rotatable bonds is 2. The Hall–Kier alpha value is -0.960. The van der Waals surface area contributed by atoms with E-state index in [1.807, 2.05) is 0 Å². The molecule has 2 rings (SSSR count). The Bertz CT molecular complexity index is 305. The summed E-state index contributed by atoms with van der Waals surface area (Å²) in [6, 6.07) is 0. The van der Waals surface area contributed by atoms with Gasteiger partial charge in [-0.15, -0.1) is 0 Å². The van der Waals surface area contributed by atoms with E-state index in [9.17, 15) is 0 Å². The maximum Gasteiger partial charge on any atom is 0.0611 e. The van der Waals surface area contributed by atoms with Crippen LogP contribution in [-0.4, -0.2) is 49.1 Å². The summed E-state index contributed by atoms with van der Waals surface area (Å²) in [6.07, 6.45) is 8.12. The van der Waals surface area contributed by atoms with Gasteiger partial charge in [0.1, 0.15) is 0 Å². The zero-order valence-corrected chi connectivity index (χ0v) is 11.4. The van der Waals surface area contributed by atoms with Crippen molar-refractivity contribution in [2.24, 2.45) is 0 Å². The Balaban J connectivity index is 1.61. The van der Waals surface area contributed by atoms with E-state index >= 15 is 0 Å². The number of nitrogens with zero attached hydrogens (tertiary/aromatic N) is 2. The lowest BCUT2D eigenvalue weighted by molar-refractivity contribution is 0.255. The summed E-state index contributed by atoms with van der Waals surface area (Å²) in [5.74, 6) is 12.3. The van der Waals surface area contributed by atoms with Crippen LogP contribution < -0.4 is 0 Å². The summed E-state index contributed by atoms with van der Waals surface area (Å²) in [6.45, 7) is 6.67. The van der Waals surface area contributed by atoms with Gasteiger partial charge in [-0.2, -0.15) is 0 Å². The molecule has 2 nitrogen and oxygen atoms in total. The molecule has 0 saturated carbocycles. The van der Waals surface area contributed by atoms with E-state index < -0.39 is 0 Å². The monoisotopic (exact) mass is 244 g/mol. The maximum atomic E-state index is 3.18. The fourth-order valence-electron chi connectivity index (χ4n) is 2.63. The van der Waals surface area contributed by atoms with Crippen LogP contribution in [-0.2, 0) is 0 Å². The molecule has 2 saturated heterocycles. The lowest BCUT2D eigenvalue weighted by atomic mass is 10.1. The molecule has 0 atom stereocenters. The summed E-state index contributed by atoms with van der Waals surface area (Å²) in [5, 5.41) is 0. The minimum Gasteiger partial charge on any atom is -0.292 e. The predicted molar refractivity (Wildman–Crippen MR) is 76.1 cm³/mol. The van der Waals surface area contributed by atoms with Gasteiger partial charge in [0.2, 0.25) is 0 Å². The quantitative estimate of drug-likeness (QED) is 0.685. The van der Waals surface area contributed by atoms with Gasteiger partial charge in [0.05, 0.1) is 13.1 Å². The zero-order chi connectivity index (χ0) is 12.5. The SMILES string of the molecule is C(C#CCN1CCCCC1)#CCN1CCCCC1. The molecule has 2 heterocycles. The van der Waals surface area contributed by atoms with Crippen molar-refractivity contribution in [1.82, 2.24) is 9.80 Å². The molecule has 18 heavy (non-hydrogen) atoms. The van der Waals surface area contributed by atoms with E-state index in [-0.39, 0.29) is 0 Å². The molecule has 0 aromatic carbocycles. The highest BCUT2D eigenvalue weighted by Gasteiger charge is 2.08. The summed E-state index contributed by atoms with van der Waals surface area (Å²) >= 11 is 0. The largest absolute Gasteiger partial charge is 0.292 e. The molecule has 2 fully saturated rings. The molecule has 0 N–H and O–H groups in total. The van der Waals surface area contributed by atoms with Gasteiger partial charge < -0.3 is 0 Å². The lowest BCUT2D eigenvalue weighted by Crippen LogP contribution is -2.30. The van der Waals surface area contributed by atoms with Crippen LogP contribution in [0.25, 0.3) is 0 Å². The third kappa shape index (κ3) is 5.13. The normalized spacial score (nSPS) is 21.6. The second-order valence-electron chi connectivity index (χ2n) is 5.28. The first kappa shape index (κ1) is 13.5. The van der Waals surface area contributed by atoms with Crippen molar-refractivity contribution in [1.29, 1.82) is 0 Å². The van der Waals surface area contributed by atoms with Crippen LogP contribution in [0.1, 0.15) is 38.5 Å². The minimum atomic E-state index is 0.901. The van der Waals surface area contributed by atoms with Gasteiger partial charge in [0.25, 0.3) is 0 Å². The van der Waals surface area contributed by atoms with Gasteiger partial charge in [0, 0.05) is 0 Å². The van der Waals surface area contributed by atoms with Crippen LogP contribution in [0.3, 0.4) is 0 Å². The summed E-state index contributed by atoms with van der Waals surface area (Å²) < 4.78 is 0. The third-order valence-electron chi connectivity index (χ3n) is 3.74. The molecule has 2 aliphatic heterocycles. The van der Waals surface area contributed by atoms with Crippen LogP contribution in [0, 0.1) is 23.7 Å². The van der Waals surface area contributed by atoms with E-state index in [1.165, 1.54) is 64.7 Å². The van der Waals surface area contributed by atoms with Gasteiger partial charge in [-0.25, -0.2) is 0 Å². The third-order valence-corrected chi connectivity index (χ3v) is 3.74. The topological polar surface area (TPSA) is 6.48 Å². The summed E-state index contributed by atoms with van der Waals surface area (Å²) in [4.78, 5) is 4.87. The number of hydrogen-bond acceptors (Lipinski definition) is 2. The second-order valence-corrected chi connectivity index (χ2v) is 5.28. The highest BCUT2D eigenvalue weighted by molar-refractivity contribution is 5.26. The van der Waals surface area contributed by atoms with E-state index in [0.717, 1.165) is 13.1 Å². The molecular formula is C16H24N2. The van der Waals surface area contributed by atoms with Crippen LogP contribution in [0.5, 0.6) is 0 Å². The molecule has 0 amide bonds. The van der Waals surface area contributed by atoms with Crippen molar-refractivity contribution in [3.05, 3.63) is 0 Å². The summed E-state index contributed by atoms with van der Waals surface area (Å²) in [5.41, 5.74) is 0. The molecule has 0 unspecified atom stereocenters. The average molecular weight is 244 g/mol. The van der Waals surface area contributed by atoms with Gasteiger partial charge in [-0.3, -0.25) is 9.80 Å². The smallest absolute Gasteiger partial charge is 0.0611 e. The lowest BCUT2D eigenvalue weighted by Gasteiger charge is -2.23. The van der Waals surface area contributed by atoms with Crippen molar-refractivity contribution in [3.63, 3.8) is 0 Å². The molecule has 0 aliphatic carbocycles. The highest BCUT2D eigenvalue weighted by atomic mass is 15.1. The molecule has 2 aliphatic rings. The summed E-state index contributed by atoms with van der Waals surface area (Å²) in [7, 11) is 0. The van der Waals surface area contributed by atoms with Crippen LogP contribution in [0.2, 0.25) is 0 Å². The zero-order valence-electron chi connectivity index (χ0n) is 11.4. The fourth-order valence-corrected chi connectivity index (χ4v) is 2.63. The number of likely N-dealkylation sites (tertiary alicyclic amines) is 2. The standard InChI is InChI=1S/C16H24N2/c1(5-11-17-13-7-3-8-14-17)2-6-12-18-15-9-4-10-16-18/h3-4,7-16H2. The Kier molecular flexibility index (Phi) is 6.13. The first-order valence-corrected chi connectivity index (χ1v) is 7.35. The van der Waals surface area contributed by atoms with Crippen molar-refractivity contribution in [3.8, 4) is 23.7 Å². The molecule has 0 bridgehead atoms. The maximum absolute atomic E-state index is 3.18. The average Bonchev–Trinajstić information content (AvgIpc) is 2.45. The second kappa shape index (κ2) is 8.20. The minimum absolute atomic E-state index is 0.901. The Morgan fingerprint density at radius 3 is 1.33 bits per heavy atom. The van der Waals surface area contributed by atoms with Crippen molar-refractivity contribution >= 4 is 0 Å². The Labute approximate surface area is 112 Å². The van der Waals surface area contributed by atoms with E-state index in [0.29, 0.717) is 0 Å². The van der Waals surface area contributed by atoms with Gasteiger partial charge in [-0.1, -0.05) is 24.7 Å². The molecule has 0 aromatic rings. The van der Waals surface area contributed by atoms with Crippen LogP contribution >= 0.6 is 0 Å². The predicted octanol–water partition coefficient (Wildman–Crippen LogP) is 1.97. The van der Waals surface area contributed by atoms with E-state index in [1.54, 1.807) is 0 Å². The van der Waals surface area contributed by atoms with Gasteiger partial charge >= 0.3 is 0 Å². The fraction of sp³-hybridized carbons (Fsp3) is 0.750. The molecular weight excluding hydrogens is 220 g/mol. The van der Waals surface area contributed by atoms with E-state index in [2.05, 4.69) is 33.5 Å². The van der Waals surface area contributed by atoms with Crippen molar-refractivity contribution in [2.75, 3.05) is 39.3 Å². The van der Waals surface area contributed by atoms with Gasteiger partial charge in [-0.05, 0) is 63.7 Å². The first-order chi connectivity index (χ1) is 8.95. The first-order valence-electron chi connectivity index (χ1n) is 7.35. The molecule has 98 valence electrons. The number of piperidine rings is 2. The van der Waals surface area contributed by atoms with Crippen molar-refractivity contribution in [2.45, 2.75) is 38.5 Å².